The van der Waals surface area contributed by atoms with Gasteiger partial charge in [-0.05, 0) is 37.1 Å². The van der Waals surface area contributed by atoms with Crippen LogP contribution in [0.1, 0.15) is 31.7 Å². The fourth-order valence-corrected chi connectivity index (χ4v) is 1.97. The van der Waals surface area contributed by atoms with Crippen LogP contribution < -0.4 is 20.5 Å². The van der Waals surface area contributed by atoms with Crippen molar-refractivity contribution in [2.24, 2.45) is 5.73 Å². The number of carbonyl (C=O) groups is 1. The van der Waals surface area contributed by atoms with Crippen molar-refractivity contribution in [3.05, 3.63) is 23.8 Å². The maximum absolute atomic E-state index is 10.8. The monoisotopic (exact) mass is 360 g/mol. The largest absolute Gasteiger partial charge is 0.493 e. The summed E-state index contributed by atoms with van der Waals surface area (Å²) in [5, 5.41) is 3.36. The average molecular weight is 361 g/mol. The first-order valence-corrected chi connectivity index (χ1v) is 8.03. The van der Waals surface area contributed by atoms with Crippen molar-refractivity contribution in [1.29, 1.82) is 0 Å². The molecule has 0 unspecified atom stereocenters. The summed E-state index contributed by atoms with van der Waals surface area (Å²) >= 11 is 0. The number of halogens is 1. The molecule has 6 nitrogen and oxygen atoms in total. The highest BCUT2D eigenvalue weighted by Crippen LogP contribution is 2.27. The van der Waals surface area contributed by atoms with Gasteiger partial charge >= 0.3 is 0 Å². The van der Waals surface area contributed by atoms with Gasteiger partial charge in [-0.3, -0.25) is 4.79 Å². The third kappa shape index (κ3) is 9.60. The fraction of sp³-hybridized carbons (Fsp3) is 0.588. The summed E-state index contributed by atoms with van der Waals surface area (Å²) in [4.78, 5) is 10.8. The van der Waals surface area contributed by atoms with Gasteiger partial charge in [-0.2, -0.15) is 0 Å². The first-order valence-electron chi connectivity index (χ1n) is 8.03. The van der Waals surface area contributed by atoms with Crippen LogP contribution >= 0.6 is 12.4 Å². The van der Waals surface area contributed by atoms with E-state index >= 15 is 0 Å². The summed E-state index contributed by atoms with van der Waals surface area (Å²) in [6.07, 6.45) is 3.28. The van der Waals surface area contributed by atoms with Gasteiger partial charge in [-0.15, -0.1) is 12.4 Å². The average Bonchev–Trinajstić information content (AvgIpc) is 2.55. The predicted molar refractivity (Wildman–Crippen MR) is 97.0 cm³/mol. The van der Waals surface area contributed by atoms with Crippen LogP contribution in [0.5, 0.6) is 11.5 Å². The van der Waals surface area contributed by atoms with Crippen molar-refractivity contribution in [1.82, 2.24) is 5.32 Å². The summed E-state index contributed by atoms with van der Waals surface area (Å²) in [7, 11) is 1.57. The van der Waals surface area contributed by atoms with Crippen LogP contribution in [0.3, 0.4) is 0 Å². The number of amides is 1. The van der Waals surface area contributed by atoms with Crippen LogP contribution in [0, 0.1) is 0 Å². The highest BCUT2D eigenvalue weighted by molar-refractivity contribution is 5.85. The molecule has 0 heterocycles. The van der Waals surface area contributed by atoms with Gasteiger partial charge in [0.25, 0.3) is 5.91 Å². The number of nitrogens with two attached hydrogens (primary N) is 1. The zero-order chi connectivity index (χ0) is 16.9. The van der Waals surface area contributed by atoms with E-state index in [4.69, 9.17) is 19.9 Å². The first kappa shape index (κ1) is 22.5. The quantitative estimate of drug-likeness (QED) is 0.527. The van der Waals surface area contributed by atoms with Crippen LogP contribution in [0.25, 0.3) is 0 Å². The van der Waals surface area contributed by atoms with Gasteiger partial charge in [0.2, 0.25) is 0 Å². The van der Waals surface area contributed by atoms with E-state index in [-0.39, 0.29) is 19.0 Å². The number of rotatable bonds is 13. The molecule has 0 aliphatic carbocycles. The second kappa shape index (κ2) is 13.9. The molecule has 24 heavy (non-hydrogen) atoms. The number of ether oxygens (including phenoxy) is 3. The van der Waals surface area contributed by atoms with E-state index in [0.29, 0.717) is 11.5 Å². The molecule has 0 aromatic heterocycles. The van der Waals surface area contributed by atoms with Gasteiger partial charge in [0, 0.05) is 19.8 Å². The van der Waals surface area contributed by atoms with Crippen molar-refractivity contribution in [3.8, 4) is 11.5 Å². The van der Waals surface area contributed by atoms with Crippen LogP contribution in [0.15, 0.2) is 18.2 Å². The summed E-state index contributed by atoms with van der Waals surface area (Å²) in [6, 6.07) is 5.61. The second-order valence-electron chi connectivity index (χ2n) is 5.24. The maximum Gasteiger partial charge on any atom is 0.255 e. The Labute approximate surface area is 150 Å². The number of unbranched alkanes of at least 4 members (excludes halogenated alkanes) is 1. The topological polar surface area (TPSA) is 82.8 Å². The normalized spacial score (nSPS) is 10.1. The standard InChI is InChI=1S/C17H28N2O4.ClH/c1-3-4-9-22-10-5-8-19-12-14-6-7-15(16(11-14)21-2)23-13-17(18)20;/h6-7,11,19H,3-5,8-10,12-13H2,1-2H3,(H2,18,20);1H. The van der Waals surface area contributed by atoms with E-state index in [1.807, 2.05) is 12.1 Å². The van der Waals surface area contributed by atoms with Crippen molar-refractivity contribution >= 4 is 18.3 Å². The van der Waals surface area contributed by atoms with E-state index in [1.54, 1.807) is 13.2 Å². The number of methoxy groups -OCH3 is 1. The lowest BCUT2D eigenvalue weighted by Gasteiger charge is -2.12. The number of benzene rings is 1. The Morgan fingerprint density at radius 3 is 2.62 bits per heavy atom. The molecule has 0 saturated carbocycles. The molecule has 1 aromatic rings. The summed E-state index contributed by atoms with van der Waals surface area (Å²) in [5.41, 5.74) is 6.15. The lowest BCUT2D eigenvalue weighted by Crippen LogP contribution is -2.20. The van der Waals surface area contributed by atoms with Crippen LogP contribution in [-0.4, -0.2) is 39.4 Å². The van der Waals surface area contributed by atoms with Crippen LogP contribution in [-0.2, 0) is 16.1 Å². The van der Waals surface area contributed by atoms with Crippen molar-refractivity contribution < 1.29 is 19.0 Å². The van der Waals surface area contributed by atoms with E-state index in [1.165, 1.54) is 6.42 Å². The van der Waals surface area contributed by atoms with Gasteiger partial charge in [0.1, 0.15) is 0 Å². The Kier molecular flexibility index (Phi) is 13.0. The molecule has 7 heteroatoms. The Balaban J connectivity index is 0.00000529. The van der Waals surface area contributed by atoms with E-state index in [9.17, 15) is 4.79 Å². The molecule has 3 N–H and O–H groups in total. The molecule has 0 aliphatic rings. The van der Waals surface area contributed by atoms with E-state index in [0.717, 1.165) is 44.7 Å². The van der Waals surface area contributed by atoms with Crippen molar-refractivity contribution in [3.63, 3.8) is 0 Å². The lowest BCUT2D eigenvalue weighted by molar-refractivity contribution is -0.119. The Hall–Kier alpha value is -1.50. The molecule has 1 rings (SSSR count). The van der Waals surface area contributed by atoms with Gasteiger partial charge in [-0.1, -0.05) is 19.4 Å². The number of hydrogen-bond donors (Lipinski definition) is 2. The Morgan fingerprint density at radius 1 is 1.21 bits per heavy atom. The van der Waals surface area contributed by atoms with Gasteiger partial charge in [0.05, 0.1) is 7.11 Å². The number of primary amides is 1. The molecule has 0 bridgehead atoms. The smallest absolute Gasteiger partial charge is 0.255 e. The zero-order valence-corrected chi connectivity index (χ0v) is 15.3. The lowest BCUT2D eigenvalue weighted by atomic mass is 10.2. The molecular weight excluding hydrogens is 332 g/mol. The summed E-state index contributed by atoms with van der Waals surface area (Å²) in [5.74, 6) is 0.590. The number of carbonyl (C=O) groups excluding carboxylic acids is 1. The molecule has 0 saturated heterocycles. The highest BCUT2D eigenvalue weighted by atomic mass is 35.5. The molecule has 0 aliphatic heterocycles. The zero-order valence-electron chi connectivity index (χ0n) is 14.5. The van der Waals surface area contributed by atoms with Gasteiger partial charge in [-0.25, -0.2) is 0 Å². The third-order valence-corrected chi connectivity index (χ3v) is 3.21. The first-order chi connectivity index (χ1) is 11.2. The molecular formula is C17H29ClN2O4. The second-order valence-corrected chi connectivity index (χ2v) is 5.24. The highest BCUT2D eigenvalue weighted by Gasteiger charge is 2.07. The molecule has 0 atom stereocenters. The van der Waals surface area contributed by atoms with Crippen molar-refractivity contribution in [2.45, 2.75) is 32.7 Å². The molecule has 0 radical (unpaired) electrons. The Bertz CT molecular complexity index is 472. The van der Waals surface area contributed by atoms with Crippen LogP contribution in [0.4, 0.5) is 0 Å². The molecule has 0 fully saturated rings. The third-order valence-electron chi connectivity index (χ3n) is 3.21. The fourth-order valence-electron chi connectivity index (χ4n) is 1.97. The molecule has 138 valence electrons. The SMILES string of the molecule is CCCCOCCCNCc1ccc(OCC(N)=O)c(OC)c1.Cl. The Morgan fingerprint density at radius 2 is 1.96 bits per heavy atom. The molecule has 0 spiro atoms. The summed E-state index contributed by atoms with van der Waals surface area (Å²) < 4.78 is 16.1. The maximum atomic E-state index is 10.8. The van der Waals surface area contributed by atoms with Crippen LogP contribution in [0.2, 0.25) is 0 Å². The van der Waals surface area contributed by atoms with Crippen molar-refractivity contribution in [2.75, 3.05) is 33.5 Å². The van der Waals surface area contributed by atoms with E-state index < -0.39 is 5.91 Å². The van der Waals surface area contributed by atoms with Gasteiger partial charge < -0.3 is 25.3 Å². The molecule has 1 aromatic carbocycles. The minimum absolute atomic E-state index is 0. The number of nitrogens with one attached hydrogen (secondary N) is 1. The minimum Gasteiger partial charge on any atom is -0.493 e. The minimum atomic E-state index is -0.515. The van der Waals surface area contributed by atoms with E-state index in [2.05, 4.69) is 12.2 Å². The summed E-state index contributed by atoms with van der Waals surface area (Å²) in [6.45, 7) is 5.27. The van der Waals surface area contributed by atoms with Gasteiger partial charge in [0.15, 0.2) is 18.1 Å². The molecule has 1 amide bonds. The predicted octanol–water partition coefficient (Wildman–Crippen LogP) is 2.28. The number of hydrogen-bond acceptors (Lipinski definition) is 5.